The first-order valence-electron chi connectivity index (χ1n) is 12.7. The van der Waals surface area contributed by atoms with Gasteiger partial charge in [0.05, 0.1) is 22.4 Å². The molecule has 8 heteroatoms. The maximum atomic E-state index is 13.7. The molecule has 38 heavy (non-hydrogen) atoms. The fourth-order valence-electron chi connectivity index (χ4n) is 4.77. The van der Waals surface area contributed by atoms with Crippen LogP contribution in [0.5, 0.6) is 0 Å². The summed E-state index contributed by atoms with van der Waals surface area (Å²) in [7, 11) is 0. The normalized spacial score (nSPS) is 17.2. The van der Waals surface area contributed by atoms with Crippen LogP contribution in [-0.4, -0.2) is 39.9 Å². The number of thioether (sulfide) groups is 1. The standard InChI is InChI=1S/C30H27ClN4O2S/c1-19-10-14-24(15-11-19)35-30-27(28(33-35)20-6-3-2-4-7-20)29(21-8-5-9-22(31)16-21)38-18-26(37)34(30)17-25(36)32-23-12-13-23/h2-11,14-16,23,29H,12-13,17-18H2,1H3,(H,32,36)/t29-/m0/s1. The molecule has 1 saturated carbocycles. The number of rotatable bonds is 6. The maximum absolute atomic E-state index is 13.7. The third-order valence-electron chi connectivity index (χ3n) is 6.81. The number of nitrogens with zero attached hydrogens (tertiary/aromatic N) is 3. The number of benzene rings is 3. The monoisotopic (exact) mass is 542 g/mol. The van der Waals surface area contributed by atoms with Crippen LogP contribution in [0.2, 0.25) is 5.02 Å². The lowest BCUT2D eigenvalue weighted by atomic mass is 9.99. The highest BCUT2D eigenvalue weighted by Crippen LogP contribution is 2.48. The molecule has 192 valence electrons. The zero-order valence-electron chi connectivity index (χ0n) is 20.9. The minimum Gasteiger partial charge on any atom is -0.352 e. The summed E-state index contributed by atoms with van der Waals surface area (Å²) in [6, 6.07) is 26.0. The number of nitrogens with one attached hydrogen (secondary N) is 1. The molecule has 0 radical (unpaired) electrons. The quantitative estimate of drug-likeness (QED) is 0.327. The summed E-state index contributed by atoms with van der Waals surface area (Å²) in [6.45, 7) is 1.98. The van der Waals surface area contributed by atoms with Crippen LogP contribution < -0.4 is 10.2 Å². The second-order valence-electron chi connectivity index (χ2n) is 9.77. The van der Waals surface area contributed by atoms with E-state index in [1.165, 1.54) is 11.8 Å². The van der Waals surface area contributed by atoms with E-state index in [0.717, 1.165) is 46.5 Å². The fourth-order valence-corrected chi connectivity index (χ4v) is 6.16. The summed E-state index contributed by atoms with van der Waals surface area (Å²) in [5, 5.41) is 8.58. The van der Waals surface area contributed by atoms with Crippen LogP contribution >= 0.6 is 23.4 Å². The van der Waals surface area contributed by atoms with E-state index < -0.39 is 0 Å². The number of anilines is 1. The predicted octanol–water partition coefficient (Wildman–Crippen LogP) is 5.95. The van der Waals surface area contributed by atoms with Crippen LogP contribution in [0.3, 0.4) is 0 Å². The van der Waals surface area contributed by atoms with E-state index in [4.69, 9.17) is 16.7 Å². The van der Waals surface area contributed by atoms with Gasteiger partial charge in [-0.2, -0.15) is 5.10 Å². The number of aromatic nitrogens is 2. The van der Waals surface area contributed by atoms with Gasteiger partial charge in [0, 0.05) is 22.2 Å². The van der Waals surface area contributed by atoms with Crippen molar-refractivity contribution in [2.24, 2.45) is 0 Å². The average molecular weight is 543 g/mol. The Morgan fingerprint density at radius 1 is 1.05 bits per heavy atom. The van der Waals surface area contributed by atoms with E-state index in [1.807, 2.05) is 90.5 Å². The Morgan fingerprint density at radius 2 is 1.82 bits per heavy atom. The minimum absolute atomic E-state index is 0.0586. The van der Waals surface area contributed by atoms with Gasteiger partial charge in [-0.15, -0.1) is 11.8 Å². The van der Waals surface area contributed by atoms with E-state index >= 15 is 0 Å². The molecule has 1 aliphatic heterocycles. The van der Waals surface area contributed by atoms with Gasteiger partial charge in [-0.3, -0.25) is 14.5 Å². The van der Waals surface area contributed by atoms with Crippen LogP contribution in [0.15, 0.2) is 78.9 Å². The Bertz CT molecular complexity index is 1500. The lowest BCUT2D eigenvalue weighted by Gasteiger charge is -2.23. The van der Waals surface area contributed by atoms with Crippen molar-refractivity contribution in [3.8, 4) is 16.9 Å². The van der Waals surface area contributed by atoms with Gasteiger partial charge in [0.15, 0.2) is 0 Å². The number of fused-ring (bicyclic) bond motifs is 1. The van der Waals surface area contributed by atoms with E-state index in [-0.39, 0.29) is 35.4 Å². The molecule has 1 N–H and O–H groups in total. The number of carbonyl (C=O) groups excluding carboxylic acids is 2. The summed E-state index contributed by atoms with van der Waals surface area (Å²) in [6.07, 6.45) is 1.97. The Morgan fingerprint density at radius 3 is 2.53 bits per heavy atom. The summed E-state index contributed by atoms with van der Waals surface area (Å²) in [5.74, 6) is 0.569. The van der Waals surface area contributed by atoms with Gasteiger partial charge in [-0.05, 0) is 49.6 Å². The van der Waals surface area contributed by atoms with Crippen molar-refractivity contribution in [3.05, 3.63) is 101 Å². The van der Waals surface area contributed by atoms with Crippen molar-refractivity contribution in [2.45, 2.75) is 31.1 Å². The van der Waals surface area contributed by atoms with Gasteiger partial charge in [0.2, 0.25) is 11.8 Å². The van der Waals surface area contributed by atoms with Crippen LogP contribution in [-0.2, 0) is 9.59 Å². The highest BCUT2D eigenvalue weighted by Gasteiger charge is 2.38. The lowest BCUT2D eigenvalue weighted by Crippen LogP contribution is -2.43. The highest BCUT2D eigenvalue weighted by molar-refractivity contribution is 8.00. The Labute approximate surface area is 231 Å². The topological polar surface area (TPSA) is 67.2 Å². The van der Waals surface area contributed by atoms with Gasteiger partial charge in [-0.1, -0.05) is 71.8 Å². The zero-order chi connectivity index (χ0) is 26.2. The smallest absolute Gasteiger partial charge is 0.240 e. The fraction of sp³-hybridized carbons (Fsp3) is 0.233. The summed E-state index contributed by atoms with van der Waals surface area (Å²) in [4.78, 5) is 28.3. The van der Waals surface area contributed by atoms with Gasteiger partial charge in [0.1, 0.15) is 12.4 Å². The summed E-state index contributed by atoms with van der Waals surface area (Å²) >= 11 is 7.96. The number of hydrogen-bond donors (Lipinski definition) is 1. The molecule has 3 aromatic carbocycles. The van der Waals surface area contributed by atoms with Crippen molar-refractivity contribution >= 4 is 41.0 Å². The molecule has 2 aliphatic rings. The molecular formula is C30H27ClN4O2S. The van der Waals surface area contributed by atoms with E-state index in [1.54, 1.807) is 4.90 Å². The SMILES string of the molecule is Cc1ccc(-n2nc(-c3ccccc3)c3c2N(CC(=O)NC2CC2)C(=O)CS[C@H]3c2cccc(Cl)c2)cc1. The molecule has 4 aromatic rings. The van der Waals surface area contributed by atoms with E-state index in [2.05, 4.69) is 5.32 Å². The number of amides is 2. The van der Waals surface area contributed by atoms with Crippen LogP contribution in [0.1, 0.15) is 34.8 Å². The minimum atomic E-state index is -0.210. The molecule has 0 spiro atoms. The van der Waals surface area contributed by atoms with E-state index in [0.29, 0.717) is 10.8 Å². The molecule has 6 rings (SSSR count). The van der Waals surface area contributed by atoms with Crippen LogP contribution in [0.4, 0.5) is 5.82 Å². The second-order valence-corrected chi connectivity index (χ2v) is 11.3. The van der Waals surface area contributed by atoms with Crippen molar-refractivity contribution in [2.75, 3.05) is 17.2 Å². The Hall–Kier alpha value is -3.55. The van der Waals surface area contributed by atoms with Crippen LogP contribution in [0.25, 0.3) is 16.9 Å². The van der Waals surface area contributed by atoms with Gasteiger partial charge in [-0.25, -0.2) is 4.68 Å². The number of halogens is 1. The Kier molecular flexibility index (Phi) is 6.72. The summed E-state index contributed by atoms with van der Waals surface area (Å²) < 4.78 is 1.82. The molecule has 1 atom stereocenters. The molecular weight excluding hydrogens is 516 g/mol. The highest BCUT2D eigenvalue weighted by atomic mass is 35.5. The van der Waals surface area contributed by atoms with Gasteiger partial charge >= 0.3 is 0 Å². The number of aryl methyl sites for hydroxylation is 1. The van der Waals surface area contributed by atoms with Gasteiger partial charge in [0.25, 0.3) is 0 Å². The van der Waals surface area contributed by atoms with Gasteiger partial charge < -0.3 is 5.32 Å². The molecule has 1 fully saturated rings. The van der Waals surface area contributed by atoms with Crippen molar-refractivity contribution in [1.29, 1.82) is 0 Å². The maximum Gasteiger partial charge on any atom is 0.240 e. The second kappa shape index (κ2) is 10.3. The van der Waals surface area contributed by atoms with E-state index in [9.17, 15) is 9.59 Å². The number of carbonyl (C=O) groups is 2. The number of hydrogen-bond acceptors (Lipinski definition) is 4. The molecule has 6 nitrogen and oxygen atoms in total. The molecule has 1 aliphatic carbocycles. The van der Waals surface area contributed by atoms with Crippen LogP contribution in [0, 0.1) is 6.92 Å². The summed E-state index contributed by atoms with van der Waals surface area (Å²) in [5.41, 5.74) is 5.56. The van der Waals surface area contributed by atoms with Crippen molar-refractivity contribution in [1.82, 2.24) is 15.1 Å². The zero-order valence-corrected chi connectivity index (χ0v) is 22.5. The molecule has 1 aromatic heterocycles. The van der Waals surface area contributed by atoms with Crippen molar-refractivity contribution in [3.63, 3.8) is 0 Å². The first-order valence-corrected chi connectivity index (χ1v) is 14.1. The largest absolute Gasteiger partial charge is 0.352 e. The van der Waals surface area contributed by atoms with Crippen molar-refractivity contribution < 1.29 is 9.59 Å². The Balaban J connectivity index is 1.60. The lowest BCUT2D eigenvalue weighted by molar-refractivity contribution is -0.123. The first-order chi connectivity index (χ1) is 18.5. The molecule has 2 heterocycles. The predicted molar refractivity (Wildman–Crippen MR) is 153 cm³/mol. The molecule has 0 saturated heterocycles. The molecule has 0 unspecified atom stereocenters. The molecule has 2 amide bonds. The molecule has 0 bridgehead atoms. The first kappa shape index (κ1) is 24.8. The third-order valence-corrected chi connectivity index (χ3v) is 8.30. The average Bonchev–Trinajstić information content (AvgIpc) is 3.67. The third kappa shape index (κ3) is 4.96.